The van der Waals surface area contributed by atoms with Crippen LogP contribution in [0, 0.1) is 5.92 Å². The molecule has 3 nitrogen and oxygen atoms in total. The molecule has 0 aliphatic carbocycles. The van der Waals surface area contributed by atoms with Crippen molar-refractivity contribution in [2.75, 3.05) is 0 Å². The highest BCUT2D eigenvalue weighted by Crippen LogP contribution is 2.24. The molecule has 0 bridgehead atoms. The predicted octanol–water partition coefficient (Wildman–Crippen LogP) is 4.54. The third-order valence-electron chi connectivity index (χ3n) is 3.67. The standard InChI is InChI=1S/C17H26O3/c1-5-13(2)9-8-12-17(3,4)20-16(19)14-10-6-7-11-15(14)18/h6-7,10-11,13,18H,5,8-9,12H2,1-4H3. The molecule has 1 atom stereocenters. The van der Waals surface area contributed by atoms with Crippen LogP contribution in [-0.2, 0) is 4.74 Å². The zero-order valence-electron chi connectivity index (χ0n) is 13.0. The van der Waals surface area contributed by atoms with Crippen molar-refractivity contribution in [1.82, 2.24) is 0 Å². The van der Waals surface area contributed by atoms with E-state index in [2.05, 4.69) is 13.8 Å². The van der Waals surface area contributed by atoms with E-state index >= 15 is 0 Å². The zero-order valence-corrected chi connectivity index (χ0v) is 13.0. The first-order valence-electron chi connectivity index (χ1n) is 7.37. The molecule has 0 aliphatic heterocycles. The minimum Gasteiger partial charge on any atom is -0.507 e. The van der Waals surface area contributed by atoms with E-state index in [9.17, 15) is 9.90 Å². The van der Waals surface area contributed by atoms with E-state index in [1.54, 1.807) is 18.2 Å². The van der Waals surface area contributed by atoms with Gasteiger partial charge in [0.1, 0.15) is 16.9 Å². The Morgan fingerprint density at radius 2 is 2.00 bits per heavy atom. The monoisotopic (exact) mass is 278 g/mol. The van der Waals surface area contributed by atoms with Gasteiger partial charge in [-0.2, -0.15) is 0 Å². The van der Waals surface area contributed by atoms with Gasteiger partial charge in [0, 0.05) is 0 Å². The molecule has 0 amide bonds. The molecule has 1 unspecified atom stereocenters. The lowest BCUT2D eigenvalue weighted by molar-refractivity contribution is -0.00604. The summed E-state index contributed by atoms with van der Waals surface area (Å²) in [5.74, 6) is 0.212. The van der Waals surface area contributed by atoms with Crippen LogP contribution in [0.5, 0.6) is 5.75 Å². The average Bonchev–Trinajstić information content (AvgIpc) is 2.38. The van der Waals surface area contributed by atoms with Crippen LogP contribution in [0.4, 0.5) is 0 Å². The zero-order chi connectivity index (χ0) is 15.2. The molecular weight excluding hydrogens is 252 g/mol. The number of phenolic OH excluding ortho intramolecular Hbond substituents is 1. The minimum atomic E-state index is -0.507. The number of hydrogen-bond acceptors (Lipinski definition) is 3. The van der Waals surface area contributed by atoms with E-state index in [4.69, 9.17) is 4.74 Å². The summed E-state index contributed by atoms with van der Waals surface area (Å²) in [7, 11) is 0. The lowest BCUT2D eigenvalue weighted by atomic mass is 9.95. The molecule has 20 heavy (non-hydrogen) atoms. The van der Waals surface area contributed by atoms with Gasteiger partial charge in [0.25, 0.3) is 0 Å². The molecule has 0 aliphatic rings. The largest absolute Gasteiger partial charge is 0.507 e. The highest BCUT2D eigenvalue weighted by Gasteiger charge is 2.24. The van der Waals surface area contributed by atoms with Gasteiger partial charge in [-0.1, -0.05) is 38.8 Å². The summed E-state index contributed by atoms with van der Waals surface area (Å²) in [6, 6.07) is 6.47. The van der Waals surface area contributed by atoms with Crippen LogP contribution >= 0.6 is 0 Å². The molecule has 0 spiro atoms. The maximum Gasteiger partial charge on any atom is 0.342 e. The Bertz CT molecular complexity index is 438. The highest BCUT2D eigenvalue weighted by atomic mass is 16.6. The first kappa shape index (κ1) is 16.5. The Hall–Kier alpha value is -1.51. The molecule has 3 heteroatoms. The number of hydrogen-bond donors (Lipinski definition) is 1. The number of benzene rings is 1. The van der Waals surface area contributed by atoms with Crippen molar-refractivity contribution in [3.63, 3.8) is 0 Å². The van der Waals surface area contributed by atoms with Gasteiger partial charge in [0.05, 0.1) is 0 Å². The summed E-state index contributed by atoms with van der Waals surface area (Å²) < 4.78 is 5.52. The van der Waals surface area contributed by atoms with Crippen molar-refractivity contribution < 1.29 is 14.6 Å². The van der Waals surface area contributed by atoms with Gasteiger partial charge < -0.3 is 9.84 Å². The Morgan fingerprint density at radius 3 is 2.60 bits per heavy atom. The summed E-state index contributed by atoms with van der Waals surface area (Å²) in [6.07, 6.45) is 4.19. The number of aromatic hydroxyl groups is 1. The van der Waals surface area contributed by atoms with Crippen molar-refractivity contribution in [2.45, 2.75) is 59.0 Å². The quantitative estimate of drug-likeness (QED) is 0.745. The maximum atomic E-state index is 12.1. The van der Waals surface area contributed by atoms with E-state index in [1.807, 2.05) is 13.8 Å². The Kier molecular flexibility index (Phi) is 6.05. The number of phenols is 1. The van der Waals surface area contributed by atoms with E-state index < -0.39 is 11.6 Å². The second-order valence-corrected chi connectivity index (χ2v) is 6.07. The first-order chi connectivity index (χ1) is 9.35. The SMILES string of the molecule is CCC(C)CCCC(C)(C)OC(=O)c1ccccc1O. The molecule has 1 N–H and O–H groups in total. The molecule has 0 heterocycles. The molecule has 1 aromatic rings. The topological polar surface area (TPSA) is 46.5 Å². The van der Waals surface area contributed by atoms with Crippen LogP contribution < -0.4 is 0 Å². The normalized spacial score (nSPS) is 13.0. The Labute approximate surface area is 122 Å². The van der Waals surface area contributed by atoms with Crippen LogP contribution in [0.2, 0.25) is 0 Å². The third-order valence-corrected chi connectivity index (χ3v) is 3.67. The van der Waals surface area contributed by atoms with E-state index in [0.717, 1.165) is 19.3 Å². The fourth-order valence-electron chi connectivity index (χ4n) is 2.08. The number of carbonyl (C=O) groups is 1. The summed E-state index contributed by atoms with van der Waals surface area (Å²) in [5, 5.41) is 9.66. The third kappa shape index (κ3) is 5.24. The first-order valence-corrected chi connectivity index (χ1v) is 7.37. The fourth-order valence-corrected chi connectivity index (χ4v) is 2.08. The molecular formula is C17H26O3. The van der Waals surface area contributed by atoms with Crippen molar-refractivity contribution in [2.24, 2.45) is 5.92 Å². The minimum absolute atomic E-state index is 0.0343. The number of para-hydroxylation sites is 1. The molecule has 0 saturated carbocycles. The van der Waals surface area contributed by atoms with Crippen molar-refractivity contribution in [3.8, 4) is 5.75 Å². The second kappa shape index (κ2) is 7.32. The van der Waals surface area contributed by atoms with E-state index in [1.165, 1.54) is 12.5 Å². The maximum absolute atomic E-state index is 12.1. The molecule has 0 saturated heterocycles. The van der Waals surface area contributed by atoms with Crippen LogP contribution in [-0.4, -0.2) is 16.7 Å². The van der Waals surface area contributed by atoms with Crippen molar-refractivity contribution in [3.05, 3.63) is 29.8 Å². The second-order valence-electron chi connectivity index (χ2n) is 6.07. The summed E-state index contributed by atoms with van der Waals surface area (Å²) in [6.45, 7) is 8.26. The van der Waals surface area contributed by atoms with Crippen LogP contribution in [0.15, 0.2) is 24.3 Å². The molecule has 0 aromatic heterocycles. The van der Waals surface area contributed by atoms with E-state index in [-0.39, 0.29) is 11.3 Å². The van der Waals surface area contributed by atoms with Gasteiger partial charge in [0.15, 0.2) is 0 Å². The smallest absolute Gasteiger partial charge is 0.342 e. The Morgan fingerprint density at radius 1 is 1.35 bits per heavy atom. The van der Waals surface area contributed by atoms with Crippen LogP contribution in [0.1, 0.15) is 63.7 Å². The summed E-state index contributed by atoms with van der Waals surface area (Å²) in [4.78, 5) is 12.1. The molecule has 1 aromatic carbocycles. The Balaban J connectivity index is 2.53. The lowest BCUT2D eigenvalue weighted by Gasteiger charge is -2.25. The summed E-state index contributed by atoms with van der Waals surface area (Å²) >= 11 is 0. The van der Waals surface area contributed by atoms with Crippen molar-refractivity contribution in [1.29, 1.82) is 0 Å². The van der Waals surface area contributed by atoms with Gasteiger partial charge >= 0.3 is 5.97 Å². The highest BCUT2D eigenvalue weighted by molar-refractivity contribution is 5.92. The molecule has 0 radical (unpaired) electrons. The molecule has 112 valence electrons. The number of carbonyl (C=O) groups excluding carboxylic acids is 1. The van der Waals surface area contributed by atoms with Gasteiger partial charge in [-0.15, -0.1) is 0 Å². The molecule has 0 fully saturated rings. The fraction of sp³-hybridized carbons (Fsp3) is 0.588. The van der Waals surface area contributed by atoms with Crippen LogP contribution in [0.25, 0.3) is 0 Å². The van der Waals surface area contributed by atoms with Crippen molar-refractivity contribution >= 4 is 5.97 Å². The van der Waals surface area contributed by atoms with Gasteiger partial charge in [-0.25, -0.2) is 4.79 Å². The average molecular weight is 278 g/mol. The molecule has 1 rings (SSSR count). The number of ether oxygens (including phenoxy) is 1. The number of rotatable bonds is 7. The van der Waals surface area contributed by atoms with E-state index in [0.29, 0.717) is 5.92 Å². The lowest BCUT2D eigenvalue weighted by Crippen LogP contribution is -2.28. The summed E-state index contributed by atoms with van der Waals surface area (Å²) in [5.41, 5.74) is -0.283. The van der Waals surface area contributed by atoms with Crippen LogP contribution in [0.3, 0.4) is 0 Å². The number of esters is 1. The predicted molar refractivity (Wildman–Crippen MR) is 80.9 cm³/mol. The van der Waals surface area contributed by atoms with Gasteiger partial charge in [0.2, 0.25) is 0 Å². The van der Waals surface area contributed by atoms with Gasteiger partial charge in [-0.05, 0) is 44.7 Å². The van der Waals surface area contributed by atoms with Gasteiger partial charge in [-0.3, -0.25) is 0 Å².